The van der Waals surface area contributed by atoms with Crippen molar-refractivity contribution in [1.82, 2.24) is 9.55 Å². The lowest BCUT2D eigenvalue weighted by atomic mass is 10.1. The zero-order valence-corrected chi connectivity index (χ0v) is 16.8. The Morgan fingerprint density at radius 1 is 1.17 bits per heavy atom. The standard InChI is InChI=1S/C20H20N4O4S/c1-12(2)9-11-24-15-8-4-3-6-13(15)17(25)16(20(24)26)18-22-14-7-5-10-21-19(14)29(27,28)23-18/h3-8,10,12,25H,9,11H2,1-2H3,(H,22,23). The van der Waals surface area contributed by atoms with Crippen LogP contribution in [0.3, 0.4) is 0 Å². The van der Waals surface area contributed by atoms with E-state index in [2.05, 4.69) is 28.5 Å². The quantitative estimate of drug-likeness (QED) is 0.681. The van der Waals surface area contributed by atoms with Gasteiger partial charge in [-0.2, -0.15) is 8.42 Å². The number of sulfonamides is 1. The van der Waals surface area contributed by atoms with Gasteiger partial charge in [0.1, 0.15) is 11.3 Å². The molecule has 0 radical (unpaired) electrons. The van der Waals surface area contributed by atoms with Crippen molar-refractivity contribution in [2.45, 2.75) is 31.8 Å². The van der Waals surface area contributed by atoms with Crippen LogP contribution in [0.1, 0.15) is 25.8 Å². The Morgan fingerprint density at radius 2 is 1.93 bits per heavy atom. The highest BCUT2D eigenvalue weighted by molar-refractivity contribution is 7.90. The molecule has 2 N–H and O–H groups in total. The lowest BCUT2D eigenvalue weighted by molar-refractivity contribution is 0.474. The molecule has 0 aliphatic carbocycles. The third kappa shape index (κ3) is 3.27. The molecule has 29 heavy (non-hydrogen) atoms. The van der Waals surface area contributed by atoms with Crippen LogP contribution in [0.4, 0.5) is 5.69 Å². The van der Waals surface area contributed by atoms with Gasteiger partial charge >= 0.3 is 10.0 Å². The molecule has 0 spiro atoms. The zero-order valence-electron chi connectivity index (χ0n) is 16.0. The Bertz CT molecular complexity index is 1310. The van der Waals surface area contributed by atoms with E-state index >= 15 is 0 Å². The smallest absolute Gasteiger partial charge is 0.303 e. The summed E-state index contributed by atoms with van der Waals surface area (Å²) in [6.07, 6.45) is 2.10. The molecule has 0 amide bonds. The van der Waals surface area contributed by atoms with Crippen LogP contribution in [-0.4, -0.2) is 28.9 Å². The van der Waals surface area contributed by atoms with E-state index in [4.69, 9.17) is 0 Å². The largest absolute Gasteiger partial charge is 0.506 e. The maximum absolute atomic E-state index is 13.3. The number of aryl methyl sites for hydroxylation is 1. The molecule has 0 atom stereocenters. The molecule has 0 bridgehead atoms. The summed E-state index contributed by atoms with van der Waals surface area (Å²) in [7, 11) is -4.11. The first-order valence-corrected chi connectivity index (χ1v) is 10.7. The first kappa shape index (κ1) is 19.1. The lowest BCUT2D eigenvalue weighted by Crippen LogP contribution is -2.33. The van der Waals surface area contributed by atoms with Gasteiger partial charge in [0.25, 0.3) is 5.56 Å². The van der Waals surface area contributed by atoms with E-state index in [1.54, 1.807) is 34.9 Å². The number of nitrogens with one attached hydrogen (secondary N) is 1. The second-order valence-electron chi connectivity index (χ2n) is 7.28. The van der Waals surface area contributed by atoms with Crippen molar-refractivity contribution in [1.29, 1.82) is 0 Å². The van der Waals surface area contributed by atoms with Crippen LogP contribution < -0.4 is 10.9 Å². The SMILES string of the molecule is CC(C)CCn1c(=O)c(C2=NS(=O)(=O)c3ncccc3N2)c(O)c2ccccc21. The number of fused-ring (bicyclic) bond motifs is 2. The molecule has 0 fully saturated rings. The van der Waals surface area contributed by atoms with Crippen molar-refractivity contribution >= 4 is 32.4 Å². The third-order valence-corrected chi connectivity index (χ3v) is 6.03. The van der Waals surface area contributed by atoms with Crippen molar-refractivity contribution in [2.24, 2.45) is 10.3 Å². The maximum atomic E-state index is 13.3. The minimum atomic E-state index is -4.11. The number of para-hydroxylation sites is 1. The summed E-state index contributed by atoms with van der Waals surface area (Å²) in [6.45, 7) is 4.54. The van der Waals surface area contributed by atoms with E-state index in [0.29, 0.717) is 23.4 Å². The minimum Gasteiger partial charge on any atom is -0.506 e. The molecule has 2 aromatic heterocycles. The van der Waals surface area contributed by atoms with Crippen LogP contribution >= 0.6 is 0 Å². The van der Waals surface area contributed by atoms with Gasteiger partial charge in [0.15, 0.2) is 5.84 Å². The minimum absolute atomic E-state index is 0.175. The number of benzene rings is 1. The van der Waals surface area contributed by atoms with E-state index in [1.807, 2.05) is 0 Å². The number of aromatic nitrogens is 2. The normalized spacial score (nSPS) is 15.1. The molecule has 0 saturated heterocycles. The molecule has 4 rings (SSSR count). The maximum Gasteiger partial charge on any atom is 0.303 e. The molecule has 3 heterocycles. The van der Waals surface area contributed by atoms with Crippen LogP contribution in [0.5, 0.6) is 5.75 Å². The van der Waals surface area contributed by atoms with E-state index in [0.717, 1.165) is 6.42 Å². The fourth-order valence-corrected chi connectivity index (χ4v) is 4.38. The van der Waals surface area contributed by atoms with Gasteiger partial charge in [0, 0.05) is 18.1 Å². The highest BCUT2D eigenvalue weighted by Crippen LogP contribution is 2.31. The van der Waals surface area contributed by atoms with Gasteiger partial charge in [-0.1, -0.05) is 26.0 Å². The summed E-state index contributed by atoms with van der Waals surface area (Å²) < 4.78 is 30.4. The molecular formula is C20H20N4O4S. The summed E-state index contributed by atoms with van der Waals surface area (Å²) in [5.41, 5.74) is 0.111. The van der Waals surface area contributed by atoms with Crippen molar-refractivity contribution in [3.63, 3.8) is 0 Å². The highest BCUT2D eigenvalue weighted by atomic mass is 32.2. The molecule has 150 valence electrons. The number of hydrogen-bond donors (Lipinski definition) is 2. The van der Waals surface area contributed by atoms with Crippen LogP contribution in [0.25, 0.3) is 10.9 Å². The molecular weight excluding hydrogens is 392 g/mol. The Labute approximate surface area is 167 Å². The van der Waals surface area contributed by atoms with Crippen molar-refractivity contribution < 1.29 is 13.5 Å². The monoisotopic (exact) mass is 412 g/mol. The number of rotatable bonds is 4. The van der Waals surface area contributed by atoms with Gasteiger partial charge in [-0.25, -0.2) is 4.98 Å². The summed E-state index contributed by atoms with van der Waals surface area (Å²) >= 11 is 0. The molecule has 8 nitrogen and oxygen atoms in total. The molecule has 1 aromatic carbocycles. The molecule has 3 aromatic rings. The number of hydrogen-bond acceptors (Lipinski definition) is 6. The van der Waals surface area contributed by atoms with Gasteiger partial charge in [-0.3, -0.25) is 4.79 Å². The third-order valence-electron chi connectivity index (χ3n) is 4.79. The van der Waals surface area contributed by atoms with Gasteiger partial charge in [-0.15, -0.1) is 4.40 Å². The fourth-order valence-electron chi connectivity index (χ4n) is 3.33. The van der Waals surface area contributed by atoms with Crippen LogP contribution in [0, 0.1) is 5.92 Å². The van der Waals surface area contributed by atoms with E-state index < -0.39 is 15.6 Å². The summed E-state index contributed by atoms with van der Waals surface area (Å²) in [5.74, 6) is -0.154. The van der Waals surface area contributed by atoms with Crippen LogP contribution in [0.15, 0.2) is 56.8 Å². The van der Waals surface area contributed by atoms with Gasteiger partial charge in [0.2, 0.25) is 5.03 Å². The highest BCUT2D eigenvalue weighted by Gasteiger charge is 2.30. The number of aromatic hydroxyl groups is 1. The Kier molecular flexibility index (Phi) is 4.62. The number of anilines is 1. The predicted octanol–water partition coefficient (Wildman–Crippen LogP) is 2.71. The topological polar surface area (TPSA) is 114 Å². The average Bonchev–Trinajstić information content (AvgIpc) is 2.67. The van der Waals surface area contributed by atoms with Gasteiger partial charge in [0.05, 0.1) is 11.2 Å². The van der Waals surface area contributed by atoms with E-state index in [1.165, 1.54) is 12.3 Å². The van der Waals surface area contributed by atoms with Crippen molar-refractivity contribution in [3.05, 3.63) is 58.5 Å². The molecule has 0 unspecified atom stereocenters. The van der Waals surface area contributed by atoms with E-state index in [9.17, 15) is 18.3 Å². The summed E-state index contributed by atoms with van der Waals surface area (Å²) in [5, 5.41) is 13.9. The summed E-state index contributed by atoms with van der Waals surface area (Å²) in [6, 6.07) is 10.1. The molecule has 1 aliphatic heterocycles. The average molecular weight is 412 g/mol. The Morgan fingerprint density at radius 3 is 2.69 bits per heavy atom. The predicted molar refractivity (Wildman–Crippen MR) is 111 cm³/mol. The summed E-state index contributed by atoms with van der Waals surface area (Å²) in [4.78, 5) is 17.2. The first-order valence-electron chi connectivity index (χ1n) is 9.21. The Balaban J connectivity index is 1.98. The number of nitrogens with zero attached hydrogens (tertiary/aromatic N) is 3. The lowest BCUT2D eigenvalue weighted by Gasteiger charge is -2.20. The molecule has 1 aliphatic rings. The van der Waals surface area contributed by atoms with Crippen LogP contribution in [0.2, 0.25) is 0 Å². The van der Waals surface area contributed by atoms with Crippen molar-refractivity contribution in [3.8, 4) is 5.75 Å². The zero-order chi connectivity index (χ0) is 20.8. The second kappa shape index (κ2) is 7.00. The van der Waals surface area contributed by atoms with Gasteiger partial charge in [-0.05, 0) is 36.6 Å². The Hall–Kier alpha value is -3.20. The molecule has 0 saturated carbocycles. The molecule has 9 heteroatoms. The van der Waals surface area contributed by atoms with Gasteiger partial charge < -0.3 is 15.0 Å². The second-order valence-corrected chi connectivity index (χ2v) is 8.80. The van der Waals surface area contributed by atoms with Crippen LogP contribution in [-0.2, 0) is 16.6 Å². The van der Waals surface area contributed by atoms with Crippen molar-refractivity contribution in [2.75, 3.05) is 5.32 Å². The number of pyridine rings is 2. The van der Waals surface area contributed by atoms with E-state index in [-0.39, 0.29) is 27.9 Å². The fraction of sp³-hybridized carbons (Fsp3) is 0.250. The first-order chi connectivity index (χ1) is 13.8. The number of amidine groups is 1.